The Kier molecular flexibility index (Phi) is 2.81. The zero-order chi connectivity index (χ0) is 10.8. The van der Waals surface area contributed by atoms with Crippen molar-refractivity contribution < 1.29 is 4.74 Å². The van der Waals surface area contributed by atoms with E-state index in [0.717, 1.165) is 17.2 Å². The number of hydrogen-bond donors (Lipinski definition) is 0. The first kappa shape index (κ1) is 10.3. The molecule has 0 unspecified atom stereocenters. The first-order valence-electron chi connectivity index (χ1n) is 5.64. The molecule has 1 aliphatic carbocycles. The molecule has 15 heavy (non-hydrogen) atoms. The second-order valence-corrected chi connectivity index (χ2v) is 4.41. The van der Waals surface area contributed by atoms with E-state index in [1.165, 1.54) is 18.4 Å². The third kappa shape index (κ3) is 2.23. The second kappa shape index (κ2) is 4.09. The lowest BCUT2D eigenvalue weighted by Gasteiger charge is -2.16. The fourth-order valence-electron chi connectivity index (χ4n) is 1.82. The summed E-state index contributed by atoms with van der Waals surface area (Å²) < 4.78 is 5.90. The molecule has 1 fully saturated rings. The highest BCUT2D eigenvalue weighted by Crippen LogP contribution is 2.45. The zero-order valence-electron chi connectivity index (χ0n) is 9.49. The van der Waals surface area contributed by atoms with Gasteiger partial charge < -0.3 is 4.74 Å². The molecule has 0 radical (unpaired) electrons. The van der Waals surface area contributed by atoms with E-state index in [4.69, 9.17) is 4.74 Å². The minimum atomic E-state index is 0.226. The van der Waals surface area contributed by atoms with Crippen LogP contribution in [0.5, 0.6) is 5.75 Å². The molecule has 0 aliphatic heterocycles. The molecule has 80 valence electrons. The van der Waals surface area contributed by atoms with Gasteiger partial charge in [0.25, 0.3) is 0 Å². The summed E-state index contributed by atoms with van der Waals surface area (Å²) in [5, 5.41) is 0. The molecule has 1 aliphatic rings. The van der Waals surface area contributed by atoms with Gasteiger partial charge in [0.2, 0.25) is 0 Å². The third-order valence-electron chi connectivity index (χ3n) is 2.67. The molecule has 1 saturated carbocycles. The zero-order valence-corrected chi connectivity index (χ0v) is 9.49. The van der Waals surface area contributed by atoms with Crippen molar-refractivity contribution in [3.63, 3.8) is 0 Å². The van der Waals surface area contributed by atoms with Crippen molar-refractivity contribution in [1.29, 1.82) is 0 Å². The van der Waals surface area contributed by atoms with E-state index < -0.39 is 0 Å². The Morgan fingerprint density at radius 3 is 2.67 bits per heavy atom. The lowest BCUT2D eigenvalue weighted by Crippen LogP contribution is -2.08. The standard InChI is InChI=1S/C14H18O/c1-4-11-6-5-7-13(12-8-9-12)14(11)15-10(2)3/h4-7,10,12H,1,8-9H2,2-3H3. The third-order valence-corrected chi connectivity index (χ3v) is 2.67. The van der Waals surface area contributed by atoms with Crippen LogP contribution in [0.1, 0.15) is 43.7 Å². The molecule has 1 heteroatoms. The van der Waals surface area contributed by atoms with Crippen molar-refractivity contribution in [2.24, 2.45) is 0 Å². The number of benzene rings is 1. The smallest absolute Gasteiger partial charge is 0.130 e. The van der Waals surface area contributed by atoms with Gasteiger partial charge in [-0.25, -0.2) is 0 Å². The average Bonchev–Trinajstić information content (AvgIpc) is 3.01. The van der Waals surface area contributed by atoms with Gasteiger partial charge in [0.15, 0.2) is 0 Å². The van der Waals surface area contributed by atoms with Gasteiger partial charge in [-0.1, -0.05) is 30.9 Å². The van der Waals surface area contributed by atoms with Crippen LogP contribution in [0, 0.1) is 0 Å². The van der Waals surface area contributed by atoms with E-state index in [-0.39, 0.29) is 6.10 Å². The molecule has 1 aromatic rings. The molecular weight excluding hydrogens is 184 g/mol. The number of ether oxygens (including phenoxy) is 1. The quantitative estimate of drug-likeness (QED) is 0.717. The largest absolute Gasteiger partial charge is 0.490 e. The second-order valence-electron chi connectivity index (χ2n) is 4.41. The summed E-state index contributed by atoms with van der Waals surface area (Å²) in [6.07, 6.45) is 4.71. The van der Waals surface area contributed by atoms with Crippen LogP contribution in [0.25, 0.3) is 6.08 Å². The molecule has 0 atom stereocenters. The molecule has 1 aromatic carbocycles. The molecule has 0 spiro atoms. The number of hydrogen-bond acceptors (Lipinski definition) is 1. The molecule has 1 nitrogen and oxygen atoms in total. The molecule has 2 rings (SSSR count). The fourth-order valence-corrected chi connectivity index (χ4v) is 1.82. The summed E-state index contributed by atoms with van der Waals surface area (Å²) in [5.74, 6) is 1.77. The van der Waals surface area contributed by atoms with Gasteiger partial charge in [-0.2, -0.15) is 0 Å². The van der Waals surface area contributed by atoms with Crippen molar-refractivity contribution in [3.8, 4) is 5.75 Å². The van der Waals surface area contributed by atoms with E-state index in [0.29, 0.717) is 0 Å². The lowest BCUT2D eigenvalue weighted by molar-refractivity contribution is 0.239. The van der Waals surface area contributed by atoms with Crippen LogP contribution >= 0.6 is 0 Å². The van der Waals surface area contributed by atoms with Crippen LogP contribution in [-0.4, -0.2) is 6.10 Å². The van der Waals surface area contributed by atoms with Crippen LogP contribution < -0.4 is 4.74 Å². The van der Waals surface area contributed by atoms with E-state index >= 15 is 0 Å². The lowest BCUT2D eigenvalue weighted by atomic mass is 10.0. The maximum absolute atomic E-state index is 5.90. The normalized spacial score (nSPS) is 15.4. The first-order valence-corrected chi connectivity index (χ1v) is 5.64. The number of para-hydroxylation sites is 1. The predicted molar refractivity (Wildman–Crippen MR) is 64.3 cm³/mol. The van der Waals surface area contributed by atoms with Crippen LogP contribution in [0.4, 0.5) is 0 Å². The molecular formula is C14H18O. The molecule has 0 N–H and O–H groups in total. The fraction of sp³-hybridized carbons (Fsp3) is 0.429. The molecule has 0 aromatic heterocycles. The monoisotopic (exact) mass is 202 g/mol. The van der Waals surface area contributed by atoms with Crippen molar-refractivity contribution in [2.45, 2.75) is 38.7 Å². The van der Waals surface area contributed by atoms with Crippen LogP contribution in [-0.2, 0) is 0 Å². The Balaban J connectivity index is 2.39. The Labute approximate surface area is 91.8 Å². The molecule has 0 bridgehead atoms. The first-order chi connectivity index (χ1) is 7.22. The average molecular weight is 202 g/mol. The van der Waals surface area contributed by atoms with E-state index in [1.54, 1.807) is 0 Å². The van der Waals surface area contributed by atoms with Gasteiger partial charge in [-0.3, -0.25) is 0 Å². The van der Waals surface area contributed by atoms with Crippen molar-refractivity contribution in [3.05, 3.63) is 35.9 Å². The minimum absolute atomic E-state index is 0.226. The highest BCUT2D eigenvalue weighted by atomic mass is 16.5. The van der Waals surface area contributed by atoms with Crippen LogP contribution in [0.2, 0.25) is 0 Å². The summed E-state index contributed by atoms with van der Waals surface area (Å²) in [4.78, 5) is 0. The van der Waals surface area contributed by atoms with Gasteiger partial charge in [-0.05, 0) is 38.2 Å². The van der Waals surface area contributed by atoms with E-state index in [1.807, 2.05) is 6.08 Å². The van der Waals surface area contributed by atoms with Gasteiger partial charge in [-0.15, -0.1) is 0 Å². The summed E-state index contributed by atoms with van der Waals surface area (Å²) in [7, 11) is 0. The van der Waals surface area contributed by atoms with Gasteiger partial charge in [0, 0.05) is 5.56 Å². The van der Waals surface area contributed by atoms with Crippen molar-refractivity contribution in [1.82, 2.24) is 0 Å². The van der Waals surface area contributed by atoms with Crippen molar-refractivity contribution in [2.75, 3.05) is 0 Å². The maximum Gasteiger partial charge on any atom is 0.130 e. The molecule has 0 amide bonds. The molecule has 0 saturated heterocycles. The summed E-state index contributed by atoms with van der Waals surface area (Å²) in [6.45, 7) is 7.97. The maximum atomic E-state index is 5.90. The minimum Gasteiger partial charge on any atom is -0.490 e. The van der Waals surface area contributed by atoms with Gasteiger partial charge in [0.1, 0.15) is 5.75 Å². The Hall–Kier alpha value is -1.24. The highest BCUT2D eigenvalue weighted by molar-refractivity contribution is 5.60. The van der Waals surface area contributed by atoms with Crippen molar-refractivity contribution >= 4 is 6.08 Å². The predicted octanol–water partition coefficient (Wildman–Crippen LogP) is 3.99. The topological polar surface area (TPSA) is 9.23 Å². The summed E-state index contributed by atoms with van der Waals surface area (Å²) in [5.41, 5.74) is 2.48. The SMILES string of the molecule is C=Cc1cccc(C2CC2)c1OC(C)C. The summed E-state index contributed by atoms with van der Waals surface area (Å²) in [6, 6.07) is 6.34. The Morgan fingerprint density at radius 2 is 2.13 bits per heavy atom. The Morgan fingerprint density at radius 1 is 1.40 bits per heavy atom. The van der Waals surface area contributed by atoms with E-state index in [2.05, 4.69) is 38.6 Å². The van der Waals surface area contributed by atoms with Crippen LogP contribution in [0.3, 0.4) is 0 Å². The summed E-state index contributed by atoms with van der Waals surface area (Å²) >= 11 is 0. The molecule has 0 heterocycles. The van der Waals surface area contributed by atoms with E-state index in [9.17, 15) is 0 Å². The number of rotatable bonds is 4. The van der Waals surface area contributed by atoms with Gasteiger partial charge >= 0.3 is 0 Å². The Bertz CT molecular complexity index is 362. The van der Waals surface area contributed by atoms with Gasteiger partial charge in [0.05, 0.1) is 6.10 Å². The van der Waals surface area contributed by atoms with Crippen LogP contribution in [0.15, 0.2) is 24.8 Å². The highest BCUT2D eigenvalue weighted by Gasteiger charge is 2.27.